The Morgan fingerprint density at radius 2 is 1.93 bits per heavy atom. The van der Waals surface area contributed by atoms with Crippen molar-refractivity contribution in [1.29, 1.82) is 0 Å². The second-order valence-corrected chi connectivity index (χ2v) is 8.08. The Morgan fingerprint density at radius 1 is 1.21 bits per heavy atom. The van der Waals surface area contributed by atoms with Gasteiger partial charge in [-0.3, -0.25) is 19.0 Å². The first kappa shape index (κ1) is 19.3. The molecule has 0 bridgehead atoms. The molecule has 0 unspecified atom stereocenters. The van der Waals surface area contributed by atoms with Crippen LogP contribution in [0.2, 0.25) is 0 Å². The van der Waals surface area contributed by atoms with Crippen LogP contribution < -0.4 is 5.56 Å². The normalized spacial score (nSPS) is 14.9. The van der Waals surface area contributed by atoms with Crippen molar-refractivity contribution in [2.24, 2.45) is 5.92 Å². The number of rotatable bonds is 4. The number of carbonyl (C=O) groups is 2. The maximum atomic E-state index is 12.9. The summed E-state index contributed by atoms with van der Waals surface area (Å²) in [5.74, 6) is -0.531. The smallest absolute Gasteiger partial charge is 0.308 e. The van der Waals surface area contributed by atoms with Gasteiger partial charge in [0.05, 0.1) is 24.7 Å². The summed E-state index contributed by atoms with van der Waals surface area (Å²) in [6, 6.07) is 11.7. The van der Waals surface area contributed by atoms with Crippen LogP contribution in [0.15, 0.2) is 47.5 Å². The maximum Gasteiger partial charge on any atom is 0.308 e. The van der Waals surface area contributed by atoms with Gasteiger partial charge in [0.15, 0.2) is 0 Å². The van der Waals surface area contributed by atoms with E-state index in [-0.39, 0.29) is 29.9 Å². The highest BCUT2D eigenvalue weighted by Crippen LogP contribution is 2.30. The molecule has 3 heterocycles. The number of esters is 1. The Bertz CT molecular complexity index is 1100. The van der Waals surface area contributed by atoms with Crippen molar-refractivity contribution in [3.05, 3.63) is 53.1 Å². The van der Waals surface area contributed by atoms with Crippen molar-refractivity contribution in [2.45, 2.75) is 19.4 Å². The lowest BCUT2D eigenvalue weighted by molar-refractivity contribution is -0.149. The van der Waals surface area contributed by atoms with Crippen molar-refractivity contribution in [1.82, 2.24) is 14.5 Å². The number of benzene rings is 1. The van der Waals surface area contributed by atoms with Gasteiger partial charge in [0.1, 0.15) is 11.4 Å². The Hall–Kier alpha value is -3.00. The van der Waals surface area contributed by atoms with Crippen LogP contribution in [0.3, 0.4) is 0 Å². The number of fused-ring (bicyclic) bond motifs is 1. The molecule has 1 fully saturated rings. The Balaban J connectivity index is 1.50. The molecule has 8 heteroatoms. The zero-order chi connectivity index (χ0) is 20.4. The minimum atomic E-state index is -0.227. The second-order valence-electron chi connectivity index (χ2n) is 7.05. The number of ether oxygens (including phenoxy) is 1. The van der Waals surface area contributed by atoms with Crippen LogP contribution in [0.25, 0.3) is 20.7 Å². The summed E-state index contributed by atoms with van der Waals surface area (Å²) < 4.78 is 6.14. The SMILES string of the molecule is COC(=O)C1CCN(C(=O)Cn2cnc3sc(-c4ccccc4)cc3c2=O)CC1. The molecular weight excluding hydrogens is 390 g/mol. The highest BCUT2D eigenvalue weighted by atomic mass is 32.1. The predicted molar refractivity (Wildman–Crippen MR) is 111 cm³/mol. The molecule has 1 saturated heterocycles. The number of hydrogen-bond donors (Lipinski definition) is 0. The highest BCUT2D eigenvalue weighted by Gasteiger charge is 2.28. The lowest BCUT2D eigenvalue weighted by Gasteiger charge is -2.30. The summed E-state index contributed by atoms with van der Waals surface area (Å²) in [5, 5.41) is 0.522. The van der Waals surface area contributed by atoms with Crippen molar-refractivity contribution in [2.75, 3.05) is 20.2 Å². The topological polar surface area (TPSA) is 81.5 Å². The van der Waals surface area contributed by atoms with E-state index in [1.807, 2.05) is 36.4 Å². The minimum absolute atomic E-state index is 0.0544. The van der Waals surface area contributed by atoms with Gasteiger partial charge in [0, 0.05) is 18.0 Å². The van der Waals surface area contributed by atoms with E-state index in [0.717, 1.165) is 10.4 Å². The van der Waals surface area contributed by atoms with Crippen LogP contribution in [-0.4, -0.2) is 46.5 Å². The van der Waals surface area contributed by atoms with Gasteiger partial charge in [-0.05, 0) is 24.5 Å². The van der Waals surface area contributed by atoms with Gasteiger partial charge in [-0.25, -0.2) is 4.98 Å². The van der Waals surface area contributed by atoms with E-state index in [9.17, 15) is 14.4 Å². The van der Waals surface area contributed by atoms with E-state index in [4.69, 9.17) is 4.74 Å². The van der Waals surface area contributed by atoms with E-state index in [1.165, 1.54) is 29.3 Å². The lowest BCUT2D eigenvalue weighted by atomic mass is 9.97. The van der Waals surface area contributed by atoms with Gasteiger partial charge >= 0.3 is 5.97 Å². The van der Waals surface area contributed by atoms with Crippen LogP contribution in [0.4, 0.5) is 0 Å². The molecule has 1 aliphatic rings. The fourth-order valence-electron chi connectivity index (χ4n) is 3.59. The molecule has 4 rings (SSSR count). The molecular formula is C21H21N3O4S. The van der Waals surface area contributed by atoms with Crippen molar-refractivity contribution in [3.63, 3.8) is 0 Å². The lowest BCUT2D eigenvalue weighted by Crippen LogP contribution is -2.43. The zero-order valence-corrected chi connectivity index (χ0v) is 16.9. The van der Waals surface area contributed by atoms with Crippen LogP contribution in [0.1, 0.15) is 12.8 Å². The molecule has 0 N–H and O–H groups in total. The summed E-state index contributed by atoms with van der Waals surface area (Å²) >= 11 is 1.46. The first-order chi connectivity index (χ1) is 14.1. The van der Waals surface area contributed by atoms with Gasteiger partial charge in [-0.15, -0.1) is 11.3 Å². The first-order valence-electron chi connectivity index (χ1n) is 9.47. The number of amides is 1. The molecule has 2 aromatic heterocycles. The third kappa shape index (κ3) is 3.93. The van der Waals surface area contributed by atoms with E-state index in [2.05, 4.69) is 4.98 Å². The molecule has 0 aliphatic carbocycles. The van der Waals surface area contributed by atoms with Crippen molar-refractivity contribution >= 4 is 33.4 Å². The predicted octanol–water partition coefficient (Wildman–Crippen LogP) is 2.54. The first-order valence-corrected chi connectivity index (χ1v) is 10.3. The molecule has 29 heavy (non-hydrogen) atoms. The molecule has 150 valence electrons. The molecule has 1 amide bonds. The molecule has 0 spiro atoms. The fourth-order valence-corrected chi connectivity index (χ4v) is 4.59. The van der Waals surface area contributed by atoms with Crippen LogP contribution in [0.5, 0.6) is 0 Å². The Labute approximate surface area is 171 Å². The molecule has 1 aliphatic heterocycles. The standard InChI is InChI=1S/C21H21N3O4S/c1-28-21(27)15-7-9-23(10-8-15)18(25)12-24-13-22-19-16(20(24)26)11-17(29-19)14-5-3-2-4-6-14/h2-6,11,13,15H,7-10,12H2,1H3. The van der Waals surface area contributed by atoms with E-state index < -0.39 is 0 Å². The number of aromatic nitrogens is 2. The number of carbonyl (C=O) groups excluding carboxylic acids is 2. The van der Waals surface area contributed by atoms with Gasteiger partial charge in [-0.2, -0.15) is 0 Å². The average Bonchev–Trinajstić information content (AvgIpc) is 3.21. The van der Waals surface area contributed by atoms with Gasteiger partial charge in [0.2, 0.25) is 5.91 Å². The van der Waals surface area contributed by atoms with Crippen molar-refractivity contribution in [3.8, 4) is 10.4 Å². The summed E-state index contributed by atoms with van der Waals surface area (Å²) in [6.45, 7) is 0.917. The van der Waals surface area contributed by atoms with Crippen LogP contribution >= 0.6 is 11.3 Å². The van der Waals surface area contributed by atoms with Gasteiger partial charge < -0.3 is 9.64 Å². The molecule has 0 atom stereocenters. The van der Waals surface area contributed by atoms with Crippen molar-refractivity contribution < 1.29 is 14.3 Å². The number of hydrogen-bond acceptors (Lipinski definition) is 6. The summed E-state index contributed by atoms with van der Waals surface area (Å²) in [7, 11) is 1.38. The third-order valence-electron chi connectivity index (χ3n) is 5.26. The van der Waals surface area contributed by atoms with Gasteiger partial charge in [0.25, 0.3) is 5.56 Å². The second kappa shape index (κ2) is 8.16. The number of piperidine rings is 1. The van der Waals surface area contributed by atoms with E-state index in [1.54, 1.807) is 4.90 Å². The molecule has 1 aromatic carbocycles. The molecule has 0 radical (unpaired) electrons. The fraction of sp³-hybridized carbons (Fsp3) is 0.333. The largest absolute Gasteiger partial charge is 0.469 e. The number of thiophene rings is 1. The van der Waals surface area contributed by atoms with Crippen LogP contribution in [-0.2, 0) is 20.9 Å². The highest BCUT2D eigenvalue weighted by molar-refractivity contribution is 7.21. The molecule has 7 nitrogen and oxygen atoms in total. The molecule has 0 saturated carbocycles. The summed E-state index contributed by atoms with van der Waals surface area (Å²) in [6.07, 6.45) is 2.60. The molecule has 3 aromatic rings. The summed E-state index contributed by atoms with van der Waals surface area (Å²) in [4.78, 5) is 44.9. The number of likely N-dealkylation sites (tertiary alicyclic amines) is 1. The third-order valence-corrected chi connectivity index (χ3v) is 6.36. The zero-order valence-electron chi connectivity index (χ0n) is 16.0. The Morgan fingerprint density at radius 3 is 2.62 bits per heavy atom. The minimum Gasteiger partial charge on any atom is -0.469 e. The van der Waals surface area contributed by atoms with E-state index in [0.29, 0.717) is 36.1 Å². The quantitative estimate of drug-likeness (QED) is 0.616. The monoisotopic (exact) mass is 411 g/mol. The summed E-state index contributed by atoms with van der Waals surface area (Å²) in [5.41, 5.74) is 0.817. The number of nitrogens with zero attached hydrogens (tertiary/aromatic N) is 3. The number of methoxy groups -OCH3 is 1. The van der Waals surface area contributed by atoms with Crippen LogP contribution in [0, 0.1) is 5.92 Å². The maximum absolute atomic E-state index is 12.9. The van der Waals surface area contributed by atoms with E-state index >= 15 is 0 Å². The average molecular weight is 411 g/mol. The van der Waals surface area contributed by atoms with Gasteiger partial charge in [-0.1, -0.05) is 30.3 Å². The Kier molecular flexibility index (Phi) is 5.44.